The zero-order valence-electron chi connectivity index (χ0n) is 54.0. The molecule has 0 bridgehead atoms. The zero-order valence-corrected chi connectivity index (χ0v) is 54.9. The highest BCUT2D eigenvalue weighted by atomic mass is 31.2. The van der Waals surface area contributed by atoms with E-state index in [-0.39, 0.29) is 32.5 Å². The molecule has 0 saturated heterocycles. The van der Waals surface area contributed by atoms with E-state index >= 15 is 4.57 Å². The van der Waals surface area contributed by atoms with Crippen molar-refractivity contribution in [1.82, 2.24) is 0 Å². The van der Waals surface area contributed by atoms with Gasteiger partial charge in [-0.15, -0.1) is 0 Å². The van der Waals surface area contributed by atoms with E-state index in [4.69, 9.17) is 13.6 Å². The van der Waals surface area contributed by atoms with Gasteiger partial charge in [-0.25, -0.2) is 4.57 Å². The number of hydrogen-bond acceptors (Lipinski definition) is 4. The second-order valence-electron chi connectivity index (χ2n) is 29.0. The van der Waals surface area contributed by atoms with Crippen LogP contribution in [0.1, 0.15) is 284 Å². The lowest BCUT2D eigenvalue weighted by Gasteiger charge is -2.42. The van der Waals surface area contributed by atoms with Crippen molar-refractivity contribution in [3.63, 3.8) is 0 Å². The second-order valence-corrected chi connectivity index (χ2v) is 30.5. The van der Waals surface area contributed by atoms with Crippen LogP contribution >= 0.6 is 7.82 Å². The van der Waals surface area contributed by atoms with Crippen LogP contribution in [0, 0.1) is 0 Å². The zero-order chi connectivity index (χ0) is 60.1. The first-order valence-electron chi connectivity index (χ1n) is 31.4. The molecule has 6 aromatic rings. The van der Waals surface area contributed by atoms with E-state index < -0.39 is 26.1 Å². The van der Waals surface area contributed by atoms with Crippen molar-refractivity contribution < 1.29 is 18.1 Å². The molecule has 83 heavy (non-hydrogen) atoms. The fourth-order valence-corrected chi connectivity index (χ4v) is 15.5. The van der Waals surface area contributed by atoms with Gasteiger partial charge in [-0.05, 0) is 211 Å². The number of fused-ring (bicyclic) bond motifs is 3. The number of phosphoric acid groups is 1. The van der Waals surface area contributed by atoms with E-state index in [1.54, 1.807) is 0 Å². The van der Waals surface area contributed by atoms with Gasteiger partial charge in [0.2, 0.25) is 0 Å². The summed E-state index contributed by atoms with van der Waals surface area (Å²) < 4.78 is 36.3. The van der Waals surface area contributed by atoms with Crippen molar-refractivity contribution in [1.29, 1.82) is 0 Å². The lowest BCUT2D eigenvalue weighted by atomic mass is 9.63. The lowest BCUT2D eigenvalue weighted by Crippen LogP contribution is -2.33. The highest BCUT2D eigenvalue weighted by Gasteiger charge is 2.41. The first-order valence-corrected chi connectivity index (χ1v) is 32.9. The van der Waals surface area contributed by atoms with Gasteiger partial charge < -0.3 is 0 Å². The fourth-order valence-electron chi connectivity index (χ4n) is 13.6. The van der Waals surface area contributed by atoms with Crippen molar-refractivity contribution >= 4 is 42.8 Å². The Morgan fingerprint density at radius 2 is 0.578 bits per heavy atom. The van der Waals surface area contributed by atoms with E-state index in [0.29, 0.717) is 19.3 Å². The molecule has 3 aliphatic rings. The summed E-state index contributed by atoms with van der Waals surface area (Å²) in [5.74, 6) is 0. The minimum Gasteiger partial charge on any atom is -0.279 e. The molecule has 0 fully saturated rings. The van der Waals surface area contributed by atoms with Gasteiger partial charge in [-0.2, -0.15) is 0 Å². The Morgan fingerprint density at radius 3 is 0.795 bits per heavy atom. The predicted molar refractivity (Wildman–Crippen MR) is 355 cm³/mol. The molecule has 0 N–H and O–H groups in total. The Bertz CT molecular complexity index is 3080. The van der Waals surface area contributed by atoms with Gasteiger partial charge in [0.1, 0.15) is 0 Å². The van der Waals surface area contributed by atoms with Crippen LogP contribution in [0.2, 0.25) is 0 Å². The van der Waals surface area contributed by atoms with Gasteiger partial charge in [0.15, 0.2) is 0 Å². The van der Waals surface area contributed by atoms with Gasteiger partial charge in [0, 0.05) is 0 Å². The number of allylic oxidation sites excluding steroid dienone is 3. The van der Waals surface area contributed by atoms with Gasteiger partial charge in [0.05, 0.1) is 18.3 Å². The molecule has 5 heteroatoms. The number of phosphoric ester groups is 1. The van der Waals surface area contributed by atoms with E-state index in [0.717, 1.165) is 33.4 Å². The Labute approximate surface area is 502 Å². The fraction of sp³-hybridized carbons (Fsp3) is 0.462. The summed E-state index contributed by atoms with van der Waals surface area (Å²) >= 11 is 0. The van der Waals surface area contributed by atoms with Gasteiger partial charge in [-0.3, -0.25) is 13.6 Å². The molecule has 0 aliphatic heterocycles. The van der Waals surface area contributed by atoms with Crippen LogP contribution in [0.15, 0.2) is 127 Å². The summed E-state index contributed by atoms with van der Waals surface area (Å²) in [6.07, 6.45) is 14.0. The molecule has 0 saturated carbocycles. The molecule has 9 rings (SSSR count). The van der Waals surface area contributed by atoms with Crippen molar-refractivity contribution in [2.24, 2.45) is 0 Å². The number of benzene rings is 6. The van der Waals surface area contributed by atoms with Gasteiger partial charge in [-0.1, -0.05) is 249 Å². The Balaban J connectivity index is 0.980. The third kappa shape index (κ3) is 13.5. The summed E-state index contributed by atoms with van der Waals surface area (Å²) in [6.45, 7) is 41.4. The monoisotopic (exact) mass is 1130 g/mol. The topological polar surface area (TPSA) is 44.8 Å². The van der Waals surface area contributed by atoms with Crippen molar-refractivity contribution in [3.8, 4) is 0 Å². The molecule has 3 aliphatic carbocycles. The average molecular weight is 1130 g/mol. The SMILES string of the molecule is CCC(OP(=O)(OC(CC)c1ccc(/C=C(\C)c2ccc3c(c2)C(C)(C)CCC3(C)C)cc1)OC(CC)c1ccc(/C=C(\C)c2ccc3c(c2)C(C)(C)CCC3(C)C)cc1)c1ccc(/C=C(\C)c2ccc3c(c2)C(C)(C)CCC3(C)C)cc1. The summed E-state index contributed by atoms with van der Waals surface area (Å²) in [5.41, 5.74) is 23.2. The molecule has 0 amide bonds. The predicted octanol–water partition coefficient (Wildman–Crippen LogP) is 23.3. The Hall–Kier alpha value is -5.35. The maximum absolute atomic E-state index is 15.8. The highest BCUT2D eigenvalue weighted by molar-refractivity contribution is 7.48. The van der Waals surface area contributed by atoms with Crippen molar-refractivity contribution in [2.45, 2.75) is 233 Å². The first kappa shape index (κ1) is 62.2. The van der Waals surface area contributed by atoms with Crippen molar-refractivity contribution in [2.75, 3.05) is 0 Å². The number of hydrogen-bond donors (Lipinski definition) is 0. The first-order chi connectivity index (χ1) is 39.0. The Kier molecular flexibility index (Phi) is 17.9. The van der Waals surface area contributed by atoms with Crippen LogP contribution in [0.4, 0.5) is 0 Å². The third-order valence-electron chi connectivity index (χ3n) is 19.9. The minimum absolute atomic E-state index is 0.138. The molecule has 0 heterocycles. The second kappa shape index (κ2) is 23.8. The summed E-state index contributed by atoms with van der Waals surface area (Å²) in [5, 5.41) is 0. The van der Waals surface area contributed by atoms with Gasteiger partial charge >= 0.3 is 7.82 Å². The van der Waals surface area contributed by atoms with Crippen LogP contribution in [0.5, 0.6) is 0 Å². The van der Waals surface area contributed by atoms with Gasteiger partial charge in [0.25, 0.3) is 0 Å². The molecular formula is C78H99O4P. The van der Waals surface area contributed by atoms with E-state index in [9.17, 15) is 0 Å². The molecule has 440 valence electrons. The van der Waals surface area contributed by atoms with E-state index in [2.05, 4.69) is 270 Å². The molecular weight excluding hydrogens is 1030 g/mol. The van der Waals surface area contributed by atoms with Crippen LogP contribution in [-0.2, 0) is 50.6 Å². The molecule has 6 aromatic carbocycles. The summed E-state index contributed by atoms with van der Waals surface area (Å²) in [4.78, 5) is 0. The van der Waals surface area contributed by atoms with E-state index in [1.807, 2.05) is 0 Å². The summed E-state index contributed by atoms with van der Waals surface area (Å²) in [6, 6.07) is 46.7. The highest BCUT2D eigenvalue weighted by Crippen LogP contribution is 2.60. The molecule has 3 atom stereocenters. The molecule has 0 radical (unpaired) electrons. The lowest BCUT2D eigenvalue weighted by molar-refractivity contribution is 0.0261. The molecule has 0 spiro atoms. The van der Waals surface area contributed by atoms with Crippen LogP contribution in [0.3, 0.4) is 0 Å². The standard InChI is InChI=1S/C78H99O4P/c1-19-70(58-28-22-55(23-29-58)46-52(4)61-34-37-64-67(49-61)76(13,14)43-40-73(64,7)8)80-83(79,81-71(20-2)59-30-24-56(25-31-59)47-53(5)62-35-38-65-68(50-62)77(15,16)44-41-74(65,9)10)82-72(21-3)60-32-26-57(27-33-60)48-54(6)63-36-39-66-69(51-63)78(17,18)45-42-75(66,11)12/h22-39,46-51,70-72H,19-21,40-45H2,1-18H3/b52-46+,53-47+,54-48+. The minimum atomic E-state index is -4.28. The smallest absolute Gasteiger partial charge is 0.279 e. The summed E-state index contributed by atoms with van der Waals surface area (Å²) in [7, 11) is -4.28. The largest absolute Gasteiger partial charge is 0.476 e. The quantitative estimate of drug-likeness (QED) is 0.0635. The third-order valence-corrected chi connectivity index (χ3v) is 21.4. The van der Waals surface area contributed by atoms with Crippen LogP contribution in [0.25, 0.3) is 34.9 Å². The maximum atomic E-state index is 15.8. The van der Waals surface area contributed by atoms with Crippen LogP contribution in [-0.4, -0.2) is 0 Å². The van der Waals surface area contributed by atoms with Crippen molar-refractivity contribution in [3.05, 3.63) is 211 Å². The normalized spacial score (nSPS) is 20.5. The molecule has 3 unspecified atom stereocenters. The molecule has 4 nitrogen and oxygen atoms in total. The average Bonchev–Trinajstić information content (AvgIpc) is 2.11. The maximum Gasteiger partial charge on any atom is 0.476 e. The molecule has 0 aromatic heterocycles. The van der Waals surface area contributed by atoms with E-state index in [1.165, 1.54) is 105 Å². The van der Waals surface area contributed by atoms with Crippen LogP contribution < -0.4 is 0 Å². The Morgan fingerprint density at radius 1 is 0.361 bits per heavy atom. The number of rotatable bonds is 18.